The number of aromatic nitrogens is 1. The minimum absolute atomic E-state index is 0.0470. The molecule has 1 aromatic heterocycles. The maximum Gasteiger partial charge on any atom is 0.410 e. The lowest BCUT2D eigenvalue weighted by molar-refractivity contribution is -0.130. The van der Waals surface area contributed by atoms with Gasteiger partial charge in [0, 0.05) is 44.5 Å². The van der Waals surface area contributed by atoms with Gasteiger partial charge in [0.05, 0.1) is 0 Å². The molecule has 0 bridgehead atoms. The molecule has 0 unspecified atom stereocenters. The highest BCUT2D eigenvalue weighted by atomic mass is 16.6. The first-order valence-electron chi connectivity index (χ1n) is 7.07. The lowest BCUT2D eigenvalue weighted by Gasteiger charge is -2.33. The minimum Gasteiger partial charge on any atom is -0.445 e. The molecule has 114 valence electrons. The second-order valence-electron chi connectivity index (χ2n) is 5.31. The Labute approximate surface area is 124 Å². The van der Waals surface area contributed by atoms with Gasteiger partial charge in [-0.2, -0.15) is 0 Å². The fraction of sp³-hybridized carbons (Fsp3) is 0.533. The molecular formula is C15H21N3O3. The molecule has 0 N–H and O–H groups in total. The second-order valence-corrected chi connectivity index (χ2v) is 5.31. The van der Waals surface area contributed by atoms with Gasteiger partial charge < -0.3 is 14.5 Å². The van der Waals surface area contributed by atoms with Gasteiger partial charge in [-0.1, -0.05) is 0 Å². The Morgan fingerprint density at radius 2 is 1.62 bits per heavy atom. The van der Waals surface area contributed by atoms with Crippen molar-refractivity contribution in [3.05, 3.63) is 29.1 Å². The fourth-order valence-corrected chi connectivity index (χ4v) is 2.44. The van der Waals surface area contributed by atoms with Crippen LogP contribution < -0.4 is 0 Å². The van der Waals surface area contributed by atoms with Crippen molar-refractivity contribution in [2.24, 2.45) is 0 Å². The van der Waals surface area contributed by atoms with Gasteiger partial charge in [0.25, 0.3) is 0 Å². The largest absolute Gasteiger partial charge is 0.445 e. The topological polar surface area (TPSA) is 62.7 Å². The lowest BCUT2D eigenvalue weighted by Crippen LogP contribution is -2.50. The number of carbonyl (C=O) groups is 2. The molecule has 1 aliphatic rings. The monoisotopic (exact) mass is 291 g/mol. The molecule has 1 aliphatic heterocycles. The first-order valence-corrected chi connectivity index (χ1v) is 7.07. The van der Waals surface area contributed by atoms with E-state index in [4.69, 9.17) is 4.74 Å². The summed E-state index contributed by atoms with van der Waals surface area (Å²) < 4.78 is 5.33. The maximum atomic E-state index is 12.0. The van der Waals surface area contributed by atoms with Crippen molar-refractivity contribution in [1.82, 2.24) is 14.8 Å². The van der Waals surface area contributed by atoms with Crippen LogP contribution in [0.1, 0.15) is 23.9 Å². The number of ether oxygens (including phenoxy) is 1. The van der Waals surface area contributed by atoms with Gasteiger partial charge in [-0.15, -0.1) is 0 Å². The summed E-state index contributed by atoms with van der Waals surface area (Å²) in [6, 6.07) is 3.82. The summed E-state index contributed by atoms with van der Waals surface area (Å²) in [6.07, 6.45) is -0.328. The molecule has 0 saturated carbocycles. The SMILES string of the molecule is CC(=O)N1CCN(C(=O)OCc2cc(C)nc(C)c2)CC1. The van der Waals surface area contributed by atoms with Crippen LogP contribution >= 0.6 is 0 Å². The lowest BCUT2D eigenvalue weighted by atomic mass is 10.2. The molecule has 2 amide bonds. The highest BCUT2D eigenvalue weighted by Gasteiger charge is 2.23. The number of nitrogens with zero attached hydrogens (tertiary/aromatic N) is 3. The van der Waals surface area contributed by atoms with Gasteiger partial charge in [-0.05, 0) is 31.5 Å². The maximum absolute atomic E-state index is 12.0. The predicted molar refractivity (Wildman–Crippen MR) is 77.7 cm³/mol. The molecule has 1 fully saturated rings. The Kier molecular flexibility index (Phi) is 4.77. The molecule has 1 saturated heterocycles. The van der Waals surface area contributed by atoms with Crippen LogP contribution in [-0.4, -0.2) is 53.0 Å². The van der Waals surface area contributed by atoms with E-state index in [1.165, 1.54) is 0 Å². The Bertz CT molecular complexity index is 517. The number of rotatable bonds is 2. The average Bonchev–Trinajstić information content (AvgIpc) is 2.44. The molecule has 21 heavy (non-hydrogen) atoms. The third-order valence-corrected chi connectivity index (χ3v) is 3.49. The summed E-state index contributed by atoms with van der Waals surface area (Å²) in [5.74, 6) is 0.0470. The number of piperazine rings is 1. The smallest absolute Gasteiger partial charge is 0.410 e. The predicted octanol–water partition coefficient (Wildman–Crippen LogP) is 1.50. The quantitative estimate of drug-likeness (QED) is 0.828. The number of hydrogen-bond acceptors (Lipinski definition) is 4. The van der Waals surface area contributed by atoms with Gasteiger partial charge in [0.15, 0.2) is 0 Å². The fourth-order valence-electron chi connectivity index (χ4n) is 2.44. The van der Waals surface area contributed by atoms with Crippen molar-refractivity contribution < 1.29 is 14.3 Å². The highest BCUT2D eigenvalue weighted by molar-refractivity contribution is 5.74. The third kappa shape index (κ3) is 4.18. The van der Waals surface area contributed by atoms with E-state index in [-0.39, 0.29) is 18.6 Å². The Balaban J connectivity index is 1.84. The van der Waals surface area contributed by atoms with E-state index in [1.54, 1.807) is 16.7 Å². The summed E-state index contributed by atoms with van der Waals surface area (Å²) in [5, 5.41) is 0. The van der Waals surface area contributed by atoms with Crippen molar-refractivity contribution >= 4 is 12.0 Å². The Morgan fingerprint density at radius 1 is 1.10 bits per heavy atom. The van der Waals surface area contributed by atoms with Crippen LogP contribution in [0.15, 0.2) is 12.1 Å². The number of hydrogen-bond donors (Lipinski definition) is 0. The molecule has 0 aliphatic carbocycles. The van der Waals surface area contributed by atoms with E-state index in [2.05, 4.69) is 4.98 Å². The van der Waals surface area contributed by atoms with Crippen molar-refractivity contribution in [3.63, 3.8) is 0 Å². The third-order valence-electron chi connectivity index (χ3n) is 3.49. The summed E-state index contributed by atoms with van der Waals surface area (Å²) in [6.45, 7) is 7.80. The molecule has 2 heterocycles. The molecular weight excluding hydrogens is 270 g/mol. The van der Waals surface area contributed by atoms with Gasteiger partial charge in [0.1, 0.15) is 6.61 Å². The Morgan fingerprint density at radius 3 is 2.14 bits per heavy atom. The van der Waals surface area contributed by atoms with Crippen molar-refractivity contribution in [2.45, 2.75) is 27.4 Å². The second kappa shape index (κ2) is 6.56. The van der Waals surface area contributed by atoms with Crippen LogP contribution in [0.3, 0.4) is 0 Å². The van der Waals surface area contributed by atoms with Gasteiger partial charge in [-0.25, -0.2) is 4.79 Å². The summed E-state index contributed by atoms with van der Waals surface area (Å²) in [4.78, 5) is 30.9. The van der Waals surface area contributed by atoms with Crippen LogP contribution in [0.2, 0.25) is 0 Å². The average molecular weight is 291 g/mol. The molecule has 6 nitrogen and oxygen atoms in total. The van der Waals surface area contributed by atoms with Crippen molar-refractivity contribution in [1.29, 1.82) is 0 Å². The van der Waals surface area contributed by atoms with Crippen LogP contribution in [0, 0.1) is 13.8 Å². The first-order chi connectivity index (χ1) is 9.95. The van der Waals surface area contributed by atoms with Crippen LogP contribution in [0.4, 0.5) is 4.79 Å². The van der Waals surface area contributed by atoms with Crippen LogP contribution in [-0.2, 0) is 16.1 Å². The van der Waals surface area contributed by atoms with E-state index in [1.807, 2.05) is 26.0 Å². The summed E-state index contributed by atoms with van der Waals surface area (Å²) >= 11 is 0. The van der Waals surface area contributed by atoms with E-state index < -0.39 is 0 Å². The normalized spacial score (nSPS) is 15.0. The summed E-state index contributed by atoms with van der Waals surface area (Å²) in [5.41, 5.74) is 2.77. The van der Waals surface area contributed by atoms with Crippen molar-refractivity contribution in [3.8, 4) is 0 Å². The van der Waals surface area contributed by atoms with Crippen LogP contribution in [0.5, 0.6) is 0 Å². The molecule has 0 radical (unpaired) electrons. The van der Waals surface area contributed by atoms with Gasteiger partial charge in [0.2, 0.25) is 5.91 Å². The van der Waals surface area contributed by atoms with E-state index in [0.717, 1.165) is 17.0 Å². The van der Waals surface area contributed by atoms with E-state index >= 15 is 0 Å². The number of pyridine rings is 1. The number of amides is 2. The minimum atomic E-state index is -0.328. The van der Waals surface area contributed by atoms with E-state index in [9.17, 15) is 9.59 Å². The highest BCUT2D eigenvalue weighted by Crippen LogP contribution is 2.09. The zero-order valence-electron chi connectivity index (χ0n) is 12.8. The zero-order chi connectivity index (χ0) is 15.4. The molecule has 6 heteroatoms. The van der Waals surface area contributed by atoms with Gasteiger partial charge in [-0.3, -0.25) is 9.78 Å². The van der Waals surface area contributed by atoms with E-state index in [0.29, 0.717) is 26.2 Å². The zero-order valence-corrected chi connectivity index (χ0v) is 12.8. The Hall–Kier alpha value is -2.11. The molecule has 0 atom stereocenters. The van der Waals surface area contributed by atoms with Gasteiger partial charge >= 0.3 is 6.09 Å². The summed E-state index contributed by atoms with van der Waals surface area (Å²) in [7, 11) is 0. The number of carbonyl (C=O) groups excluding carboxylic acids is 2. The first kappa shape index (κ1) is 15.3. The molecule has 0 aromatic carbocycles. The molecule has 1 aromatic rings. The standard InChI is InChI=1S/C15H21N3O3/c1-11-8-14(9-12(2)16-11)10-21-15(20)18-6-4-17(5-7-18)13(3)19/h8-9H,4-7,10H2,1-3H3. The van der Waals surface area contributed by atoms with Crippen LogP contribution in [0.25, 0.3) is 0 Å². The van der Waals surface area contributed by atoms with Crippen molar-refractivity contribution in [2.75, 3.05) is 26.2 Å². The molecule has 2 rings (SSSR count). The molecule has 0 spiro atoms. The number of aryl methyl sites for hydroxylation is 2.